The van der Waals surface area contributed by atoms with Gasteiger partial charge in [0.15, 0.2) is 17.5 Å². The summed E-state index contributed by atoms with van der Waals surface area (Å²) in [6, 6.07) is 18.8. The van der Waals surface area contributed by atoms with Crippen LogP contribution in [0.4, 0.5) is 0 Å². The highest BCUT2D eigenvalue weighted by Crippen LogP contribution is 2.39. The summed E-state index contributed by atoms with van der Waals surface area (Å²) in [7, 11) is 0. The maximum Gasteiger partial charge on any atom is 0.186 e. The molecular weight excluding hydrogens is 410 g/mol. The van der Waals surface area contributed by atoms with Gasteiger partial charge in [0.25, 0.3) is 0 Å². The number of hydrogen-bond acceptors (Lipinski definition) is 6. The largest absolute Gasteiger partial charge is 0.386 e. The lowest BCUT2D eigenvalue weighted by Gasteiger charge is -2.17. The number of para-hydroxylation sites is 1. The van der Waals surface area contributed by atoms with Crippen LogP contribution in [0.15, 0.2) is 65.8 Å². The molecule has 0 fully saturated rings. The monoisotopic (exact) mass is 421 g/mol. The second-order valence-corrected chi connectivity index (χ2v) is 7.03. The Morgan fingerprint density at radius 3 is 2.70 bits per heavy atom. The van der Waals surface area contributed by atoms with E-state index in [2.05, 4.69) is 36.6 Å². The van der Waals surface area contributed by atoms with Crippen molar-refractivity contribution in [2.24, 2.45) is 11.1 Å². The van der Waals surface area contributed by atoms with E-state index in [1.54, 1.807) is 16.6 Å². The third-order valence-corrected chi connectivity index (χ3v) is 5.30. The molecule has 132 valence electrons. The highest BCUT2D eigenvalue weighted by Gasteiger charge is 2.41. The van der Waals surface area contributed by atoms with E-state index in [4.69, 9.17) is 4.84 Å². The summed E-state index contributed by atoms with van der Waals surface area (Å²) in [6.07, 6.45) is -0.620. The first kappa shape index (κ1) is 16.1. The minimum Gasteiger partial charge on any atom is -0.386 e. The van der Waals surface area contributed by atoms with Crippen LogP contribution in [0.25, 0.3) is 16.6 Å². The van der Waals surface area contributed by atoms with Gasteiger partial charge in [-0.15, -0.1) is 5.10 Å². The Bertz CT molecular complexity index is 1200. The molecule has 27 heavy (non-hydrogen) atoms. The van der Waals surface area contributed by atoms with Crippen LogP contribution >= 0.6 is 15.9 Å². The fraction of sp³-hybridized carbons (Fsp3) is 0.105. The predicted molar refractivity (Wildman–Crippen MR) is 103 cm³/mol. The normalized spacial score (nSPS) is 19.2. The van der Waals surface area contributed by atoms with E-state index in [0.717, 1.165) is 10.9 Å². The van der Waals surface area contributed by atoms with Crippen LogP contribution in [0, 0.1) is 5.92 Å². The molecule has 0 radical (unpaired) electrons. The van der Waals surface area contributed by atoms with Crippen molar-refractivity contribution in [1.82, 2.24) is 20.0 Å². The summed E-state index contributed by atoms with van der Waals surface area (Å²) in [5.74, 6) is -0.679. The molecule has 0 bridgehead atoms. The zero-order chi connectivity index (χ0) is 18.4. The van der Waals surface area contributed by atoms with Gasteiger partial charge in [0.2, 0.25) is 0 Å². The predicted octanol–water partition coefficient (Wildman–Crippen LogP) is 3.56. The highest BCUT2D eigenvalue weighted by molar-refractivity contribution is 9.18. The van der Waals surface area contributed by atoms with Crippen molar-refractivity contribution in [1.29, 1.82) is 0 Å². The number of oxime groups is 1. The maximum absolute atomic E-state index is 13.1. The molecule has 0 aliphatic carbocycles. The Balaban J connectivity index is 1.67. The van der Waals surface area contributed by atoms with Crippen molar-refractivity contribution in [3.63, 3.8) is 0 Å². The van der Waals surface area contributed by atoms with E-state index in [1.165, 1.54) is 0 Å². The van der Waals surface area contributed by atoms with Gasteiger partial charge >= 0.3 is 0 Å². The average Bonchev–Trinajstić information content (AvgIpc) is 3.35. The first-order chi connectivity index (χ1) is 13.2. The second-order valence-electron chi connectivity index (χ2n) is 6.22. The first-order valence-corrected chi connectivity index (χ1v) is 9.11. The van der Waals surface area contributed by atoms with Crippen LogP contribution < -0.4 is 0 Å². The molecular formula is C19H12BrN5O2. The quantitative estimate of drug-likeness (QED) is 0.472. The molecule has 0 spiro atoms. The highest BCUT2D eigenvalue weighted by atomic mass is 79.9. The molecule has 4 aromatic rings. The van der Waals surface area contributed by atoms with E-state index >= 15 is 0 Å². The van der Waals surface area contributed by atoms with Crippen molar-refractivity contribution in [2.75, 3.05) is 0 Å². The molecule has 0 saturated heterocycles. The molecule has 0 N–H and O–H groups in total. The van der Waals surface area contributed by atoms with E-state index in [9.17, 15) is 4.79 Å². The minimum atomic E-state index is -0.620. The molecule has 1 aliphatic rings. The number of pyridine rings is 1. The van der Waals surface area contributed by atoms with Crippen molar-refractivity contribution >= 4 is 42.9 Å². The number of aromatic nitrogens is 4. The molecule has 0 amide bonds. The molecule has 0 unspecified atom stereocenters. The number of fused-ring (bicyclic) bond motifs is 3. The Kier molecular flexibility index (Phi) is 3.71. The molecule has 0 saturated carbocycles. The topological polar surface area (TPSA) is 81.7 Å². The summed E-state index contributed by atoms with van der Waals surface area (Å²) < 4.78 is 2.12. The molecule has 8 heteroatoms. The van der Waals surface area contributed by atoms with Gasteiger partial charge in [-0.05, 0) is 38.5 Å². The number of Topliss-reactive ketones (excluding diaryl/α,β-unsaturated/α-hetero) is 1. The van der Waals surface area contributed by atoms with Gasteiger partial charge < -0.3 is 4.84 Å². The third kappa shape index (κ3) is 2.52. The summed E-state index contributed by atoms with van der Waals surface area (Å²) in [6.45, 7) is 0. The number of benzene rings is 2. The number of nitrogens with zero attached hydrogens (tertiary/aromatic N) is 5. The summed E-state index contributed by atoms with van der Waals surface area (Å²) >= 11 is 3.39. The van der Waals surface area contributed by atoms with Crippen LogP contribution in [0.5, 0.6) is 0 Å². The van der Waals surface area contributed by atoms with E-state index < -0.39 is 12.0 Å². The smallest absolute Gasteiger partial charge is 0.186 e. The van der Waals surface area contributed by atoms with Crippen LogP contribution in [-0.2, 0) is 4.84 Å². The number of carbonyl (C=O) groups excluding carboxylic acids is 1. The summed E-state index contributed by atoms with van der Waals surface area (Å²) in [4.78, 5) is 18.8. The number of hydrogen-bond donors (Lipinski definition) is 0. The van der Waals surface area contributed by atoms with Gasteiger partial charge in [0.1, 0.15) is 10.5 Å². The molecule has 5 rings (SSSR count). The fourth-order valence-corrected chi connectivity index (χ4v) is 3.92. The van der Waals surface area contributed by atoms with E-state index in [0.29, 0.717) is 21.4 Å². The Labute approximate surface area is 161 Å². The standard InChI is InChI=1S/C19H12BrN5O2/c20-18-15(16(26)11-6-2-1-3-7-11)17(27-22-18)13-10-12-8-4-5-9-14(12)25-19(13)21-23-24-25/h1-10,15,17H/t15-,17-/m1/s1. The van der Waals surface area contributed by atoms with Crippen LogP contribution in [0.1, 0.15) is 22.0 Å². The zero-order valence-electron chi connectivity index (χ0n) is 13.9. The van der Waals surface area contributed by atoms with Crippen molar-refractivity contribution in [3.8, 4) is 0 Å². The molecule has 2 aromatic heterocycles. The lowest BCUT2D eigenvalue weighted by molar-refractivity contribution is 0.0539. The molecule has 2 atom stereocenters. The Hall–Kier alpha value is -3.13. The molecule has 1 aliphatic heterocycles. The summed E-state index contributed by atoms with van der Waals surface area (Å²) in [5.41, 5.74) is 2.74. The SMILES string of the molecule is O=C(c1ccccc1)[C@H]1C(Br)=NO[C@@H]1c1cc2ccccc2n2nnnc12. The lowest BCUT2D eigenvalue weighted by atomic mass is 9.90. The molecule has 7 nitrogen and oxygen atoms in total. The number of tetrazole rings is 1. The van der Waals surface area contributed by atoms with E-state index in [-0.39, 0.29) is 5.78 Å². The van der Waals surface area contributed by atoms with Crippen molar-refractivity contribution in [3.05, 3.63) is 71.8 Å². The van der Waals surface area contributed by atoms with Gasteiger partial charge in [-0.1, -0.05) is 53.7 Å². The lowest BCUT2D eigenvalue weighted by Crippen LogP contribution is -2.24. The fourth-order valence-electron chi connectivity index (χ4n) is 3.39. The average molecular weight is 422 g/mol. The van der Waals surface area contributed by atoms with E-state index in [1.807, 2.05) is 48.5 Å². The number of rotatable bonds is 3. The van der Waals surface area contributed by atoms with Gasteiger partial charge in [-0.3, -0.25) is 4.79 Å². The van der Waals surface area contributed by atoms with Crippen LogP contribution in [-0.4, -0.2) is 30.4 Å². The van der Waals surface area contributed by atoms with Gasteiger partial charge in [0, 0.05) is 16.5 Å². The number of carbonyl (C=O) groups is 1. The molecule has 3 heterocycles. The minimum absolute atomic E-state index is 0.0764. The number of halogens is 1. The zero-order valence-corrected chi connectivity index (χ0v) is 15.4. The van der Waals surface area contributed by atoms with Gasteiger partial charge in [-0.25, -0.2) is 0 Å². The maximum atomic E-state index is 13.1. The van der Waals surface area contributed by atoms with Crippen LogP contribution in [0.2, 0.25) is 0 Å². The van der Waals surface area contributed by atoms with Crippen molar-refractivity contribution < 1.29 is 9.63 Å². The van der Waals surface area contributed by atoms with Crippen molar-refractivity contribution in [2.45, 2.75) is 6.10 Å². The Morgan fingerprint density at radius 1 is 1.07 bits per heavy atom. The first-order valence-electron chi connectivity index (χ1n) is 8.32. The number of ketones is 1. The van der Waals surface area contributed by atoms with Gasteiger partial charge in [-0.2, -0.15) is 4.52 Å². The Morgan fingerprint density at radius 2 is 1.85 bits per heavy atom. The van der Waals surface area contributed by atoms with Crippen LogP contribution in [0.3, 0.4) is 0 Å². The summed E-state index contributed by atoms with van der Waals surface area (Å²) in [5, 5.41) is 17.0. The second kappa shape index (κ2) is 6.24. The third-order valence-electron chi connectivity index (χ3n) is 4.66. The molecule has 2 aromatic carbocycles. The van der Waals surface area contributed by atoms with Gasteiger partial charge in [0.05, 0.1) is 5.52 Å².